The molecule has 0 aromatic carbocycles. The molecule has 2 nitrogen and oxygen atoms in total. The molecule has 2 heteroatoms. The lowest BCUT2D eigenvalue weighted by Crippen LogP contribution is -2.42. The Hall–Kier alpha value is -0.0800. The van der Waals surface area contributed by atoms with Crippen LogP contribution in [0.1, 0.15) is 57.8 Å². The molecule has 4 aliphatic rings. The second kappa shape index (κ2) is 5.04. The van der Waals surface area contributed by atoms with Gasteiger partial charge in [0.25, 0.3) is 0 Å². The minimum absolute atomic E-state index is 0.640. The molecule has 0 aromatic rings. The van der Waals surface area contributed by atoms with Gasteiger partial charge in [0.15, 0.2) is 0 Å². The lowest BCUT2D eigenvalue weighted by Gasteiger charge is -2.34. The molecular weight excluding hydrogens is 232 g/mol. The van der Waals surface area contributed by atoms with Crippen molar-refractivity contribution < 1.29 is 0 Å². The zero-order valence-corrected chi connectivity index (χ0v) is 12.4. The zero-order valence-electron chi connectivity index (χ0n) is 12.4. The highest BCUT2D eigenvalue weighted by Gasteiger charge is 2.41. The van der Waals surface area contributed by atoms with Crippen LogP contribution in [-0.4, -0.2) is 37.1 Å². The maximum absolute atomic E-state index is 3.84. The number of nitrogens with zero attached hydrogens (tertiary/aromatic N) is 1. The van der Waals surface area contributed by atoms with Gasteiger partial charge in [-0.1, -0.05) is 19.3 Å². The Bertz CT molecular complexity index is 305. The van der Waals surface area contributed by atoms with Gasteiger partial charge in [-0.2, -0.15) is 0 Å². The van der Waals surface area contributed by atoms with Crippen LogP contribution >= 0.6 is 0 Å². The zero-order chi connectivity index (χ0) is 12.7. The summed E-state index contributed by atoms with van der Waals surface area (Å²) in [6, 6.07) is 0.885. The van der Waals surface area contributed by atoms with Crippen molar-refractivity contribution in [2.45, 2.75) is 63.8 Å². The molecule has 19 heavy (non-hydrogen) atoms. The first-order valence-electron chi connectivity index (χ1n) is 8.79. The van der Waals surface area contributed by atoms with Crippen LogP contribution in [0.15, 0.2) is 0 Å². The summed E-state index contributed by atoms with van der Waals surface area (Å²) in [5.74, 6) is 2.13. The first-order valence-corrected chi connectivity index (χ1v) is 8.79. The van der Waals surface area contributed by atoms with Crippen molar-refractivity contribution in [1.82, 2.24) is 10.2 Å². The second-order valence-corrected chi connectivity index (χ2v) is 8.01. The lowest BCUT2D eigenvalue weighted by molar-refractivity contribution is 0.163. The lowest BCUT2D eigenvalue weighted by atomic mass is 9.85. The van der Waals surface area contributed by atoms with E-state index in [-0.39, 0.29) is 0 Å². The molecule has 0 aromatic heterocycles. The molecule has 4 rings (SSSR count). The maximum atomic E-state index is 3.84. The number of fused-ring (bicyclic) bond motifs is 1. The third kappa shape index (κ3) is 2.71. The summed E-state index contributed by atoms with van der Waals surface area (Å²) in [5, 5.41) is 3.84. The third-order valence-electron chi connectivity index (χ3n) is 6.37. The molecule has 0 radical (unpaired) electrons. The van der Waals surface area contributed by atoms with Gasteiger partial charge in [0.2, 0.25) is 0 Å². The Balaban J connectivity index is 1.35. The van der Waals surface area contributed by atoms with Crippen LogP contribution in [0.2, 0.25) is 0 Å². The predicted octanol–water partition coefficient (Wildman–Crippen LogP) is 3.03. The normalized spacial score (nSPS) is 37.9. The molecular formula is C17H30N2. The molecule has 0 spiro atoms. The van der Waals surface area contributed by atoms with Crippen LogP contribution in [0.25, 0.3) is 0 Å². The van der Waals surface area contributed by atoms with E-state index in [1.807, 2.05) is 0 Å². The fraction of sp³-hybridized carbons (Fsp3) is 1.00. The summed E-state index contributed by atoms with van der Waals surface area (Å²) < 4.78 is 0. The Morgan fingerprint density at radius 3 is 2.21 bits per heavy atom. The number of nitrogens with one attached hydrogen (secondary N) is 1. The summed E-state index contributed by atoms with van der Waals surface area (Å²) >= 11 is 0. The van der Waals surface area contributed by atoms with Crippen LogP contribution in [-0.2, 0) is 0 Å². The molecule has 3 aliphatic carbocycles. The monoisotopic (exact) mass is 262 g/mol. The molecule has 4 fully saturated rings. The summed E-state index contributed by atoms with van der Waals surface area (Å²) in [6.45, 7) is 5.56. The smallest absolute Gasteiger partial charge is 0.00684 e. The third-order valence-corrected chi connectivity index (χ3v) is 6.37. The van der Waals surface area contributed by atoms with E-state index in [1.165, 1.54) is 84.0 Å². The van der Waals surface area contributed by atoms with Gasteiger partial charge in [-0.05, 0) is 55.8 Å². The Labute approximate surface area is 118 Å². The molecule has 0 amide bonds. The van der Waals surface area contributed by atoms with E-state index in [2.05, 4.69) is 10.2 Å². The van der Waals surface area contributed by atoms with Crippen molar-refractivity contribution in [2.75, 3.05) is 26.2 Å². The Kier molecular flexibility index (Phi) is 3.35. The first kappa shape index (κ1) is 12.6. The summed E-state index contributed by atoms with van der Waals surface area (Å²) in [6.07, 6.45) is 13.4. The summed E-state index contributed by atoms with van der Waals surface area (Å²) in [5.41, 5.74) is 0.640. The van der Waals surface area contributed by atoms with E-state index >= 15 is 0 Å². The minimum Gasteiger partial charge on any atom is -0.313 e. The average molecular weight is 262 g/mol. The van der Waals surface area contributed by atoms with E-state index in [0.717, 1.165) is 17.9 Å². The van der Waals surface area contributed by atoms with Crippen LogP contribution in [0, 0.1) is 17.3 Å². The van der Waals surface area contributed by atoms with Crippen molar-refractivity contribution in [3.05, 3.63) is 0 Å². The van der Waals surface area contributed by atoms with Crippen LogP contribution in [0.4, 0.5) is 0 Å². The van der Waals surface area contributed by atoms with Gasteiger partial charge in [0, 0.05) is 32.2 Å². The minimum atomic E-state index is 0.640. The van der Waals surface area contributed by atoms with Gasteiger partial charge in [0.05, 0.1) is 0 Å². The maximum Gasteiger partial charge on any atom is 0.00684 e. The topological polar surface area (TPSA) is 15.3 Å². The van der Waals surface area contributed by atoms with E-state index in [1.54, 1.807) is 0 Å². The molecule has 1 heterocycles. The molecule has 108 valence electrons. The standard InChI is InChI=1S/C17H30N2/c1-2-9-17(8-1,12-18-16-6-7-16)13-19-10-14-4-3-5-15(14)11-19/h14-16,18H,1-13H2. The fourth-order valence-corrected chi connectivity index (χ4v) is 5.10. The SMILES string of the molecule is C1CC2CN(CC3(CNC4CC4)CCCC3)CC2C1. The molecule has 3 saturated carbocycles. The number of likely N-dealkylation sites (tertiary alicyclic amines) is 1. The van der Waals surface area contributed by atoms with Gasteiger partial charge >= 0.3 is 0 Å². The highest BCUT2D eigenvalue weighted by molar-refractivity contribution is 4.96. The molecule has 1 aliphatic heterocycles. The second-order valence-electron chi connectivity index (χ2n) is 8.01. The highest BCUT2D eigenvalue weighted by atomic mass is 15.2. The van der Waals surface area contributed by atoms with Crippen molar-refractivity contribution in [3.8, 4) is 0 Å². The van der Waals surface area contributed by atoms with E-state index in [9.17, 15) is 0 Å². The Morgan fingerprint density at radius 1 is 0.895 bits per heavy atom. The fourth-order valence-electron chi connectivity index (χ4n) is 5.10. The Morgan fingerprint density at radius 2 is 1.58 bits per heavy atom. The van der Waals surface area contributed by atoms with Gasteiger partial charge in [-0.25, -0.2) is 0 Å². The van der Waals surface area contributed by atoms with Crippen LogP contribution < -0.4 is 5.32 Å². The van der Waals surface area contributed by atoms with Gasteiger partial charge in [-0.15, -0.1) is 0 Å². The van der Waals surface area contributed by atoms with Gasteiger partial charge < -0.3 is 10.2 Å². The molecule has 2 unspecified atom stereocenters. The summed E-state index contributed by atoms with van der Waals surface area (Å²) in [4.78, 5) is 2.84. The van der Waals surface area contributed by atoms with E-state index in [4.69, 9.17) is 0 Å². The predicted molar refractivity (Wildman–Crippen MR) is 79.2 cm³/mol. The van der Waals surface area contributed by atoms with E-state index in [0.29, 0.717) is 5.41 Å². The largest absolute Gasteiger partial charge is 0.313 e. The first-order chi connectivity index (χ1) is 9.33. The number of hydrogen-bond acceptors (Lipinski definition) is 2. The van der Waals surface area contributed by atoms with Crippen molar-refractivity contribution in [2.24, 2.45) is 17.3 Å². The number of rotatable bonds is 5. The van der Waals surface area contributed by atoms with Gasteiger partial charge in [-0.3, -0.25) is 0 Å². The van der Waals surface area contributed by atoms with Crippen molar-refractivity contribution in [1.29, 1.82) is 0 Å². The summed E-state index contributed by atoms with van der Waals surface area (Å²) in [7, 11) is 0. The van der Waals surface area contributed by atoms with Crippen molar-refractivity contribution >= 4 is 0 Å². The molecule has 2 atom stereocenters. The molecule has 0 bridgehead atoms. The molecule has 1 saturated heterocycles. The highest BCUT2D eigenvalue weighted by Crippen LogP contribution is 2.43. The van der Waals surface area contributed by atoms with Crippen LogP contribution in [0.3, 0.4) is 0 Å². The van der Waals surface area contributed by atoms with Gasteiger partial charge in [0.1, 0.15) is 0 Å². The van der Waals surface area contributed by atoms with Crippen LogP contribution in [0.5, 0.6) is 0 Å². The molecule has 1 N–H and O–H groups in total. The van der Waals surface area contributed by atoms with E-state index < -0.39 is 0 Å². The number of hydrogen-bond donors (Lipinski definition) is 1. The van der Waals surface area contributed by atoms with Crippen molar-refractivity contribution in [3.63, 3.8) is 0 Å². The average Bonchev–Trinajstić information content (AvgIpc) is 2.79. The quantitative estimate of drug-likeness (QED) is 0.819.